The predicted octanol–water partition coefficient (Wildman–Crippen LogP) is -0.498. The van der Waals surface area contributed by atoms with Crippen molar-refractivity contribution < 1.29 is 10.0 Å². The molecule has 0 saturated carbocycles. The largest absolute Gasteiger partial charge is 0.488 e. The third-order valence-corrected chi connectivity index (χ3v) is 3.66. The molecular formula is C13H21BN2O2. The molecule has 0 radical (unpaired) electrons. The minimum Gasteiger partial charge on any atom is -0.423 e. The first kappa shape index (κ1) is 13.6. The van der Waals surface area contributed by atoms with Gasteiger partial charge in [0.15, 0.2) is 0 Å². The van der Waals surface area contributed by atoms with Crippen LogP contribution in [0.4, 0.5) is 0 Å². The molecule has 18 heavy (non-hydrogen) atoms. The molecule has 1 aromatic rings. The summed E-state index contributed by atoms with van der Waals surface area (Å²) in [5.74, 6) is 0. The average molecular weight is 248 g/mol. The van der Waals surface area contributed by atoms with E-state index in [0.717, 1.165) is 19.6 Å². The molecule has 0 spiro atoms. The zero-order valence-electron chi connectivity index (χ0n) is 11.1. The van der Waals surface area contributed by atoms with Crippen LogP contribution in [-0.4, -0.2) is 60.2 Å². The molecule has 1 aliphatic rings. The first-order chi connectivity index (χ1) is 8.56. The second-order valence-electron chi connectivity index (χ2n) is 5.26. The van der Waals surface area contributed by atoms with Crippen molar-refractivity contribution in [2.24, 2.45) is 0 Å². The standard InChI is InChI=1S/C13H21BN2O2/c1-15(2)13-7-8-16(10-13)9-11-3-5-12(6-4-11)14(17)18/h3-6,13,17-18H,7-10H2,1-2H3. The summed E-state index contributed by atoms with van der Waals surface area (Å²) in [6, 6.07) is 8.15. The number of hydrogen-bond acceptors (Lipinski definition) is 4. The molecule has 5 heteroatoms. The Morgan fingerprint density at radius 2 is 1.94 bits per heavy atom. The van der Waals surface area contributed by atoms with Crippen molar-refractivity contribution in [1.82, 2.24) is 9.80 Å². The quantitative estimate of drug-likeness (QED) is 0.705. The highest BCUT2D eigenvalue weighted by atomic mass is 16.4. The minimum atomic E-state index is -1.37. The highest BCUT2D eigenvalue weighted by Crippen LogP contribution is 2.15. The van der Waals surface area contributed by atoms with E-state index in [1.807, 2.05) is 12.1 Å². The molecule has 4 nitrogen and oxygen atoms in total. The smallest absolute Gasteiger partial charge is 0.423 e. The van der Waals surface area contributed by atoms with Crippen LogP contribution in [0.3, 0.4) is 0 Å². The Bertz CT molecular complexity index is 381. The van der Waals surface area contributed by atoms with E-state index in [9.17, 15) is 0 Å². The third-order valence-electron chi connectivity index (χ3n) is 3.66. The SMILES string of the molecule is CN(C)C1CCN(Cc2ccc(B(O)O)cc2)C1. The monoisotopic (exact) mass is 248 g/mol. The molecule has 1 atom stereocenters. The maximum absolute atomic E-state index is 9.03. The molecule has 1 saturated heterocycles. The van der Waals surface area contributed by atoms with Gasteiger partial charge >= 0.3 is 7.12 Å². The third kappa shape index (κ3) is 3.33. The highest BCUT2D eigenvalue weighted by molar-refractivity contribution is 6.58. The Kier molecular flexibility index (Phi) is 4.40. The van der Waals surface area contributed by atoms with E-state index < -0.39 is 7.12 Å². The predicted molar refractivity (Wildman–Crippen MR) is 73.6 cm³/mol. The van der Waals surface area contributed by atoms with Crippen LogP contribution in [-0.2, 0) is 6.54 Å². The zero-order valence-corrected chi connectivity index (χ0v) is 11.1. The van der Waals surface area contributed by atoms with Gasteiger partial charge < -0.3 is 14.9 Å². The molecule has 0 bridgehead atoms. The van der Waals surface area contributed by atoms with Gasteiger partial charge in [-0.3, -0.25) is 4.90 Å². The molecule has 0 aromatic heterocycles. The van der Waals surface area contributed by atoms with Crippen molar-refractivity contribution in [2.75, 3.05) is 27.2 Å². The average Bonchev–Trinajstić information content (AvgIpc) is 2.78. The van der Waals surface area contributed by atoms with E-state index in [-0.39, 0.29) is 0 Å². The van der Waals surface area contributed by atoms with Gasteiger partial charge in [-0.05, 0) is 31.5 Å². The van der Waals surface area contributed by atoms with E-state index in [1.54, 1.807) is 12.1 Å². The van der Waals surface area contributed by atoms with E-state index in [1.165, 1.54) is 12.0 Å². The lowest BCUT2D eigenvalue weighted by molar-refractivity contribution is 0.264. The van der Waals surface area contributed by atoms with E-state index in [0.29, 0.717) is 11.5 Å². The molecule has 1 aliphatic heterocycles. The van der Waals surface area contributed by atoms with Crippen molar-refractivity contribution in [3.63, 3.8) is 0 Å². The van der Waals surface area contributed by atoms with Crippen molar-refractivity contribution in [2.45, 2.75) is 19.0 Å². The summed E-state index contributed by atoms with van der Waals surface area (Å²) in [7, 11) is 2.89. The minimum absolute atomic E-state index is 0.548. The molecule has 1 aromatic carbocycles. The Hall–Kier alpha value is -0.875. The van der Waals surface area contributed by atoms with Gasteiger partial charge in [0.2, 0.25) is 0 Å². The molecule has 0 aliphatic carbocycles. The fourth-order valence-electron chi connectivity index (χ4n) is 2.43. The summed E-state index contributed by atoms with van der Waals surface area (Å²) in [6.07, 6.45) is 1.22. The zero-order chi connectivity index (χ0) is 13.1. The molecule has 1 fully saturated rings. The Morgan fingerprint density at radius 3 is 2.44 bits per heavy atom. The lowest BCUT2D eigenvalue weighted by atomic mass is 9.80. The van der Waals surface area contributed by atoms with E-state index in [4.69, 9.17) is 10.0 Å². The number of likely N-dealkylation sites (N-methyl/N-ethyl adjacent to an activating group) is 1. The van der Waals surface area contributed by atoms with Crippen LogP contribution in [0.5, 0.6) is 0 Å². The van der Waals surface area contributed by atoms with E-state index in [2.05, 4.69) is 23.9 Å². The summed E-state index contributed by atoms with van der Waals surface area (Å²) in [6.45, 7) is 3.18. The van der Waals surface area contributed by atoms with Crippen LogP contribution in [0, 0.1) is 0 Å². The summed E-state index contributed by atoms with van der Waals surface area (Å²) in [4.78, 5) is 4.72. The maximum Gasteiger partial charge on any atom is 0.488 e. The van der Waals surface area contributed by atoms with Gasteiger partial charge in [-0.1, -0.05) is 24.3 Å². The van der Waals surface area contributed by atoms with Crippen LogP contribution >= 0.6 is 0 Å². The number of benzene rings is 1. The van der Waals surface area contributed by atoms with Crippen LogP contribution in [0.15, 0.2) is 24.3 Å². The highest BCUT2D eigenvalue weighted by Gasteiger charge is 2.23. The first-order valence-electron chi connectivity index (χ1n) is 6.40. The van der Waals surface area contributed by atoms with Gasteiger partial charge in [0.1, 0.15) is 0 Å². The number of nitrogens with zero attached hydrogens (tertiary/aromatic N) is 2. The van der Waals surface area contributed by atoms with Gasteiger partial charge in [0.05, 0.1) is 0 Å². The van der Waals surface area contributed by atoms with E-state index >= 15 is 0 Å². The molecule has 2 rings (SSSR count). The molecular weight excluding hydrogens is 227 g/mol. The van der Waals surface area contributed by atoms with Gasteiger partial charge in [-0.25, -0.2) is 0 Å². The number of likely N-dealkylation sites (tertiary alicyclic amines) is 1. The van der Waals surface area contributed by atoms with Crippen molar-refractivity contribution in [3.05, 3.63) is 29.8 Å². The fraction of sp³-hybridized carbons (Fsp3) is 0.538. The second-order valence-corrected chi connectivity index (χ2v) is 5.26. The van der Waals surface area contributed by atoms with Crippen molar-refractivity contribution >= 4 is 12.6 Å². The fourth-order valence-corrected chi connectivity index (χ4v) is 2.43. The molecule has 1 unspecified atom stereocenters. The van der Waals surface area contributed by atoms with Gasteiger partial charge in [0, 0.05) is 25.7 Å². The molecule has 98 valence electrons. The first-order valence-corrected chi connectivity index (χ1v) is 6.40. The Labute approximate surface area is 109 Å². The van der Waals surface area contributed by atoms with Gasteiger partial charge in [-0.15, -0.1) is 0 Å². The summed E-state index contributed by atoms with van der Waals surface area (Å²) < 4.78 is 0. The molecule has 1 heterocycles. The number of hydrogen-bond donors (Lipinski definition) is 2. The molecule has 2 N–H and O–H groups in total. The summed E-state index contributed by atoms with van der Waals surface area (Å²) in [5.41, 5.74) is 1.77. The lowest BCUT2D eigenvalue weighted by Crippen LogP contribution is -2.31. The van der Waals surface area contributed by atoms with Crippen LogP contribution in [0.1, 0.15) is 12.0 Å². The number of rotatable bonds is 4. The van der Waals surface area contributed by atoms with Gasteiger partial charge in [0.25, 0.3) is 0 Å². The van der Waals surface area contributed by atoms with Gasteiger partial charge in [-0.2, -0.15) is 0 Å². The van der Waals surface area contributed by atoms with Crippen molar-refractivity contribution in [1.29, 1.82) is 0 Å². The Balaban J connectivity index is 1.90. The van der Waals surface area contributed by atoms with Crippen LogP contribution in [0.25, 0.3) is 0 Å². The Morgan fingerprint density at radius 1 is 1.28 bits per heavy atom. The van der Waals surface area contributed by atoms with Crippen LogP contribution < -0.4 is 5.46 Å². The second kappa shape index (κ2) is 5.84. The normalized spacial score (nSPS) is 20.6. The summed E-state index contributed by atoms with van der Waals surface area (Å²) >= 11 is 0. The lowest BCUT2D eigenvalue weighted by Gasteiger charge is -2.20. The molecule has 0 amide bonds. The van der Waals surface area contributed by atoms with Crippen LogP contribution in [0.2, 0.25) is 0 Å². The summed E-state index contributed by atoms with van der Waals surface area (Å²) in [5, 5.41) is 18.1. The van der Waals surface area contributed by atoms with Crippen molar-refractivity contribution in [3.8, 4) is 0 Å². The topological polar surface area (TPSA) is 46.9 Å². The maximum atomic E-state index is 9.03.